The lowest BCUT2D eigenvalue weighted by molar-refractivity contribution is -0.125. The molecule has 3 rings (SSSR count). The molecule has 0 atom stereocenters. The summed E-state index contributed by atoms with van der Waals surface area (Å²) < 4.78 is 28.4. The highest BCUT2D eigenvalue weighted by Crippen LogP contribution is 2.16. The van der Waals surface area contributed by atoms with Crippen LogP contribution in [0.25, 0.3) is 6.08 Å². The molecule has 1 aliphatic heterocycles. The fourth-order valence-corrected chi connectivity index (χ4v) is 4.48. The van der Waals surface area contributed by atoms with Gasteiger partial charge in [0.25, 0.3) is 10.0 Å². The first-order valence-electron chi connectivity index (χ1n) is 8.88. The Hall–Kier alpha value is -2.45. The van der Waals surface area contributed by atoms with E-state index in [9.17, 15) is 13.2 Å². The second kappa shape index (κ2) is 8.06. The molecule has 1 saturated heterocycles. The van der Waals surface area contributed by atoms with Gasteiger partial charge in [0.2, 0.25) is 5.91 Å². The first-order chi connectivity index (χ1) is 12.9. The molecule has 1 aromatic carbocycles. The molecule has 2 heterocycles. The molecule has 8 heteroatoms. The number of aromatic nitrogens is 2. The van der Waals surface area contributed by atoms with E-state index >= 15 is 0 Å². The molecule has 0 radical (unpaired) electrons. The smallest absolute Gasteiger partial charge is 0.262 e. The van der Waals surface area contributed by atoms with E-state index in [1.807, 2.05) is 37.3 Å². The number of imidazole rings is 1. The average Bonchev–Trinajstić information content (AvgIpc) is 2.93. The van der Waals surface area contributed by atoms with E-state index in [0.29, 0.717) is 26.1 Å². The first-order valence-corrected chi connectivity index (χ1v) is 10.3. The van der Waals surface area contributed by atoms with E-state index in [-0.39, 0.29) is 17.5 Å². The predicted octanol–water partition coefficient (Wildman–Crippen LogP) is 1.66. The van der Waals surface area contributed by atoms with Crippen LogP contribution >= 0.6 is 0 Å². The third-order valence-corrected chi connectivity index (χ3v) is 6.43. The van der Waals surface area contributed by atoms with Crippen molar-refractivity contribution in [1.29, 1.82) is 0 Å². The van der Waals surface area contributed by atoms with Gasteiger partial charge in [0.05, 0.1) is 6.33 Å². The maximum atomic E-state index is 12.7. The van der Waals surface area contributed by atoms with Gasteiger partial charge in [0.15, 0.2) is 5.03 Å². The van der Waals surface area contributed by atoms with Crippen LogP contribution in [0.3, 0.4) is 0 Å². The molecule has 0 aliphatic carbocycles. The normalized spacial score (nSPS) is 16.6. The van der Waals surface area contributed by atoms with E-state index in [0.717, 1.165) is 11.1 Å². The minimum absolute atomic E-state index is 0.0456. The third kappa shape index (κ3) is 4.45. The lowest BCUT2D eigenvalue weighted by Crippen LogP contribution is -2.36. The molecule has 1 amide bonds. The SMILES string of the molecule is Cc1ccccc1/C=C/C(=O)N1CCCN(S(=O)(=O)c2cn(C)cn2)CC1. The summed E-state index contributed by atoms with van der Waals surface area (Å²) in [5.41, 5.74) is 2.10. The van der Waals surface area contributed by atoms with Crippen molar-refractivity contribution in [2.75, 3.05) is 26.2 Å². The molecular weight excluding hydrogens is 364 g/mol. The Kier molecular flexibility index (Phi) is 5.76. The number of amides is 1. The molecule has 1 fully saturated rings. The summed E-state index contributed by atoms with van der Waals surface area (Å²) in [5, 5.41) is 0.0456. The lowest BCUT2D eigenvalue weighted by atomic mass is 10.1. The van der Waals surface area contributed by atoms with E-state index in [2.05, 4.69) is 4.98 Å². The zero-order chi connectivity index (χ0) is 19.4. The molecule has 1 aromatic heterocycles. The number of sulfonamides is 1. The van der Waals surface area contributed by atoms with Crippen molar-refractivity contribution in [2.24, 2.45) is 7.05 Å². The predicted molar refractivity (Wildman–Crippen MR) is 103 cm³/mol. The molecule has 0 N–H and O–H groups in total. The molecule has 144 valence electrons. The zero-order valence-electron chi connectivity index (χ0n) is 15.6. The van der Waals surface area contributed by atoms with Crippen molar-refractivity contribution >= 4 is 22.0 Å². The minimum Gasteiger partial charge on any atom is -0.339 e. The third-order valence-electron chi connectivity index (χ3n) is 4.65. The minimum atomic E-state index is -3.63. The van der Waals surface area contributed by atoms with Gasteiger partial charge >= 0.3 is 0 Å². The fraction of sp³-hybridized carbons (Fsp3) is 0.368. The molecule has 0 bridgehead atoms. The largest absolute Gasteiger partial charge is 0.339 e. The van der Waals surface area contributed by atoms with Gasteiger partial charge in [-0.25, -0.2) is 13.4 Å². The van der Waals surface area contributed by atoms with Crippen molar-refractivity contribution in [2.45, 2.75) is 18.4 Å². The number of carbonyl (C=O) groups is 1. The number of hydrogen-bond donors (Lipinski definition) is 0. The number of hydrogen-bond acceptors (Lipinski definition) is 4. The Morgan fingerprint density at radius 1 is 1.15 bits per heavy atom. The van der Waals surface area contributed by atoms with Gasteiger partial charge in [0.1, 0.15) is 0 Å². The molecule has 7 nitrogen and oxygen atoms in total. The van der Waals surface area contributed by atoms with Gasteiger partial charge in [-0.1, -0.05) is 24.3 Å². The Morgan fingerprint density at radius 2 is 1.93 bits per heavy atom. The van der Waals surface area contributed by atoms with Gasteiger partial charge in [0, 0.05) is 45.5 Å². The van der Waals surface area contributed by atoms with E-state index in [1.54, 1.807) is 22.6 Å². The van der Waals surface area contributed by atoms with Gasteiger partial charge in [-0.2, -0.15) is 4.31 Å². The maximum Gasteiger partial charge on any atom is 0.262 e. The summed E-state index contributed by atoms with van der Waals surface area (Å²) in [6.45, 7) is 3.54. The standard InChI is InChI=1S/C19H24N4O3S/c1-16-6-3-4-7-17(16)8-9-19(24)22-10-5-11-23(13-12-22)27(25,26)18-14-21(2)15-20-18/h3-4,6-9,14-15H,5,10-13H2,1-2H3/b9-8+. The zero-order valence-corrected chi connectivity index (χ0v) is 16.4. The monoisotopic (exact) mass is 388 g/mol. The van der Waals surface area contributed by atoms with Crippen molar-refractivity contribution in [3.8, 4) is 0 Å². The molecular formula is C19H24N4O3S. The van der Waals surface area contributed by atoms with Crippen molar-refractivity contribution in [3.05, 3.63) is 54.0 Å². The fourth-order valence-electron chi connectivity index (χ4n) is 3.05. The van der Waals surface area contributed by atoms with Gasteiger partial charge in [-0.15, -0.1) is 0 Å². The first kappa shape index (κ1) is 19.3. The highest BCUT2D eigenvalue weighted by atomic mass is 32.2. The van der Waals surface area contributed by atoms with Crippen LogP contribution in [-0.2, 0) is 21.9 Å². The Labute approximate surface area is 160 Å². The summed E-state index contributed by atoms with van der Waals surface area (Å²) in [4.78, 5) is 18.2. The van der Waals surface area contributed by atoms with Crippen molar-refractivity contribution < 1.29 is 13.2 Å². The molecule has 0 unspecified atom stereocenters. The highest BCUT2D eigenvalue weighted by molar-refractivity contribution is 7.89. The molecule has 2 aromatic rings. The summed E-state index contributed by atoms with van der Waals surface area (Å²) in [6.07, 6.45) is 6.93. The van der Waals surface area contributed by atoms with Crippen LogP contribution in [0.15, 0.2) is 47.9 Å². The number of nitrogens with zero attached hydrogens (tertiary/aromatic N) is 4. The van der Waals surface area contributed by atoms with Crippen LogP contribution < -0.4 is 0 Å². The number of aryl methyl sites for hydroxylation is 2. The van der Waals surface area contributed by atoms with Crippen molar-refractivity contribution in [1.82, 2.24) is 18.8 Å². The lowest BCUT2D eigenvalue weighted by Gasteiger charge is -2.20. The second-order valence-electron chi connectivity index (χ2n) is 6.65. The van der Waals surface area contributed by atoms with E-state index in [1.165, 1.54) is 16.8 Å². The number of rotatable bonds is 4. The summed E-state index contributed by atoms with van der Waals surface area (Å²) in [6, 6.07) is 7.85. The Bertz CT molecular complexity index is 949. The van der Waals surface area contributed by atoms with Gasteiger partial charge < -0.3 is 9.47 Å². The Balaban J connectivity index is 1.66. The van der Waals surface area contributed by atoms with Gasteiger partial charge in [-0.05, 0) is 30.5 Å². The second-order valence-corrected chi connectivity index (χ2v) is 8.54. The van der Waals surface area contributed by atoms with Crippen LogP contribution in [0.2, 0.25) is 0 Å². The van der Waals surface area contributed by atoms with E-state index in [4.69, 9.17) is 0 Å². The van der Waals surface area contributed by atoms with E-state index < -0.39 is 10.0 Å². The summed E-state index contributed by atoms with van der Waals surface area (Å²) >= 11 is 0. The van der Waals surface area contributed by atoms with Crippen LogP contribution in [0.4, 0.5) is 0 Å². The molecule has 0 saturated carbocycles. The van der Waals surface area contributed by atoms with Crippen LogP contribution in [0.5, 0.6) is 0 Å². The molecule has 0 spiro atoms. The quantitative estimate of drug-likeness (QED) is 0.747. The summed E-state index contributed by atoms with van der Waals surface area (Å²) in [7, 11) is -1.90. The average molecular weight is 388 g/mol. The molecule has 27 heavy (non-hydrogen) atoms. The van der Waals surface area contributed by atoms with Crippen LogP contribution in [0.1, 0.15) is 17.5 Å². The topological polar surface area (TPSA) is 75.5 Å². The van der Waals surface area contributed by atoms with Crippen molar-refractivity contribution in [3.63, 3.8) is 0 Å². The Morgan fingerprint density at radius 3 is 2.63 bits per heavy atom. The number of carbonyl (C=O) groups excluding carboxylic acids is 1. The maximum absolute atomic E-state index is 12.7. The highest BCUT2D eigenvalue weighted by Gasteiger charge is 2.29. The van der Waals surface area contributed by atoms with Crippen LogP contribution in [0, 0.1) is 6.92 Å². The number of benzene rings is 1. The summed E-state index contributed by atoms with van der Waals surface area (Å²) in [5.74, 6) is -0.102. The van der Waals surface area contributed by atoms with Crippen LogP contribution in [-0.4, -0.2) is 59.3 Å². The van der Waals surface area contributed by atoms with Gasteiger partial charge in [-0.3, -0.25) is 4.79 Å². The molecule has 1 aliphatic rings.